The molecule has 0 aromatic heterocycles. The molecule has 0 unspecified atom stereocenters. The zero-order valence-corrected chi connectivity index (χ0v) is 8.69. The van der Waals surface area contributed by atoms with Gasteiger partial charge in [0.15, 0.2) is 0 Å². The Kier molecular flexibility index (Phi) is 5.93. The van der Waals surface area contributed by atoms with Gasteiger partial charge in [-0.05, 0) is 13.8 Å². The first kappa shape index (κ1) is 12.9. The van der Waals surface area contributed by atoms with E-state index in [1.807, 2.05) is 0 Å². The minimum absolute atomic E-state index is 0.0941. The van der Waals surface area contributed by atoms with Gasteiger partial charge in [-0.2, -0.15) is 0 Å². The number of methoxy groups -OCH3 is 1. The fourth-order valence-corrected chi connectivity index (χ4v) is 0.895. The van der Waals surface area contributed by atoms with Gasteiger partial charge < -0.3 is 14.6 Å². The average Bonchev–Trinajstić information content (AvgIpc) is 2.13. The summed E-state index contributed by atoms with van der Waals surface area (Å²) in [5, 5.41) is 9.49. The van der Waals surface area contributed by atoms with Crippen LogP contribution in [0.5, 0.6) is 0 Å². The third-order valence-corrected chi connectivity index (χ3v) is 1.54. The molecule has 0 saturated heterocycles. The van der Waals surface area contributed by atoms with Crippen LogP contribution >= 0.6 is 0 Å². The zero-order valence-electron chi connectivity index (χ0n) is 8.69. The molecule has 4 heteroatoms. The van der Waals surface area contributed by atoms with Crippen molar-refractivity contribution in [3.05, 3.63) is 0 Å². The molecule has 80 valence electrons. The lowest BCUT2D eigenvalue weighted by molar-refractivity contribution is -0.145. The lowest BCUT2D eigenvalue weighted by atomic mass is 10.1. The van der Waals surface area contributed by atoms with Crippen molar-refractivity contribution in [2.75, 3.05) is 7.11 Å². The van der Waals surface area contributed by atoms with Crippen LogP contribution in [0.25, 0.3) is 0 Å². The molecule has 0 fully saturated rings. The normalized spacial score (nSPS) is 14.6. The van der Waals surface area contributed by atoms with Crippen molar-refractivity contribution in [2.24, 2.45) is 0 Å². The van der Waals surface area contributed by atoms with Gasteiger partial charge in [-0.25, -0.2) is 0 Å². The number of carbonyl (C=O) groups excluding carboxylic acids is 1. The second kappa shape index (κ2) is 6.41. The molecule has 14 heavy (non-hydrogen) atoms. The molecule has 0 spiro atoms. The first-order valence-electron chi connectivity index (χ1n) is 4.37. The highest BCUT2D eigenvalue weighted by Crippen LogP contribution is 2.06. The molecule has 2 atom stereocenters. The average molecular weight is 200 g/mol. The van der Waals surface area contributed by atoms with E-state index in [9.17, 15) is 9.90 Å². The maximum atomic E-state index is 10.8. The molecule has 4 nitrogen and oxygen atoms in total. The third-order valence-electron chi connectivity index (χ3n) is 1.54. The van der Waals surface area contributed by atoms with Crippen molar-refractivity contribution in [3.8, 4) is 12.3 Å². The Balaban J connectivity index is 4.12. The summed E-state index contributed by atoms with van der Waals surface area (Å²) in [6.45, 7) is 3.60. The summed E-state index contributed by atoms with van der Waals surface area (Å²) < 4.78 is 9.61. The highest BCUT2D eigenvalue weighted by molar-refractivity contribution is 5.69. The van der Waals surface area contributed by atoms with E-state index in [4.69, 9.17) is 11.2 Å². The van der Waals surface area contributed by atoms with Crippen LogP contribution in [0.2, 0.25) is 0 Å². The summed E-state index contributed by atoms with van der Waals surface area (Å²) in [5.41, 5.74) is 0. The minimum Gasteiger partial charge on any atom is -0.469 e. The molecular formula is C10H16O4. The Hall–Kier alpha value is -1.05. The van der Waals surface area contributed by atoms with Crippen molar-refractivity contribution >= 4 is 5.97 Å². The van der Waals surface area contributed by atoms with Crippen LogP contribution in [-0.4, -0.2) is 36.5 Å². The van der Waals surface area contributed by atoms with Gasteiger partial charge in [0, 0.05) is 0 Å². The molecular weight excluding hydrogens is 184 g/mol. The molecule has 0 heterocycles. The topological polar surface area (TPSA) is 55.8 Å². The van der Waals surface area contributed by atoms with Gasteiger partial charge in [0.2, 0.25) is 0 Å². The van der Waals surface area contributed by atoms with Crippen LogP contribution in [0, 0.1) is 12.3 Å². The third kappa shape index (κ3) is 4.85. The Labute approximate surface area is 84.2 Å². The minimum atomic E-state index is -1.02. The second-order valence-electron chi connectivity index (χ2n) is 3.12. The lowest BCUT2D eigenvalue weighted by Crippen LogP contribution is -2.32. The quantitative estimate of drug-likeness (QED) is 0.513. The van der Waals surface area contributed by atoms with E-state index in [1.54, 1.807) is 13.8 Å². The number of terminal acetylenes is 1. The van der Waals surface area contributed by atoms with Crippen LogP contribution in [0.1, 0.15) is 20.3 Å². The highest BCUT2D eigenvalue weighted by atomic mass is 16.5. The summed E-state index contributed by atoms with van der Waals surface area (Å²) in [6.07, 6.45) is 3.12. The van der Waals surface area contributed by atoms with Crippen LogP contribution in [0.4, 0.5) is 0 Å². The van der Waals surface area contributed by atoms with E-state index >= 15 is 0 Å². The van der Waals surface area contributed by atoms with Gasteiger partial charge in [-0.15, -0.1) is 6.42 Å². The fourth-order valence-electron chi connectivity index (χ4n) is 0.895. The number of hydrogen-bond acceptors (Lipinski definition) is 4. The number of hydrogen-bond donors (Lipinski definition) is 1. The van der Waals surface area contributed by atoms with E-state index in [1.165, 1.54) is 7.11 Å². The van der Waals surface area contributed by atoms with E-state index in [-0.39, 0.29) is 12.5 Å². The first-order valence-corrected chi connectivity index (χ1v) is 4.37. The largest absolute Gasteiger partial charge is 0.469 e. The predicted molar refractivity (Wildman–Crippen MR) is 51.5 cm³/mol. The summed E-state index contributed by atoms with van der Waals surface area (Å²) in [7, 11) is 1.25. The van der Waals surface area contributed by atoms with Crippen molar-refractivity contribution in [1.29, 1.82) is 0 Å². The molecule has 0 rings (SSSR count). The first-order chi connectivity index (χ1) is 6.51. The Morgan fingerprint density at radius 2 is 2.14 bits per heavy atom. The van der Waals surface area contributed by atoms with Gasteiger partial charge in [0.05, 0.1) is 19.6 Å². The SMILES string of the molecule is C#C[C@@H](OC(C)C)[C@H](O)CC(=O)OC. The zero-order chi connectivity index (χ0) is 11.1. The molecule has 0 aromatic carbocycles. The van der Waals surface area contributed by atoms with Crippen molar-refractivity contribution < 1.29 is 19.4 Å². The number of aliphatic hydroxyl groups is 1. The number of aliphatic hydroxyl groups excluding tert-OH is 1. The second-order valence-corrected chi connectivity index (χ2v) is 3.12. The van der Waals surface area contributed by atoms with Crippen LogP contribution in [0.3, 0.4) is 0 Å². The maximum absolute atomic E-state index is 10.8. The molecule has 0 amide bonds. The number of esters is 1. The van der Waals surface area contributed by atoms with E-state index in [2.05, 4.69) is 10.7 Å². The predicted octanol–water partition coefficient (Wildman–Crippen LogP) is 0.337. The van der Waals surface area contributed by atoms with Gasteiger partial charge in [-0.3, -0.25) is 4.79 Å². The monoisotopic (exact) mass is 200 g/mol. The lowest BCUT2D eigenvalue weighted by Gasteiger charge is -2.19. The molecule has 0 aliphatic rings. The molecule has 0 aliphatic heterocycles. The fraction of sp³-hybridized carbons (Fsp3) is 0.700. The number of ether oxygens (including phenoxy) is 2. The van der Waals surface area contributed by atoms with Crippen molar-refractivity contribution in [1.82, 2.24) is 0 Å². The molecule has 0 radical (unpaired) electrons. The van der Waals surface area contributed by atoms with Crippen molar-refractivity contribution in [2.45, 2.75) is 38.6 Å². The molecule has 0 aromatic rings. The van der Waals surface area contributed by atoms with Gasteiger partial charge in [-0.1, -0.05) is 5.92 Å². The number of carbonyl (C=O) groups is 1. The Morgan fingerprint density at radius 3 is 2.50 bits per heavy atom. The van der Waals surface area contributed by atoms with E-state index < -0.39 is 18.2 Å². The summed E-state index contributed by atoms with van der Waals surface area (Å²) in [4.78, 5) is 10.8. The summed E-state index contributed by atoms with van der Waals surface area (Å²) in [5.74, 6) is 1.77. The number of rotatable bonds is 5. The van der Waals surface area contributed by atoms with Gasteiger partial charge >= 0.3 is 5.97 Å². The highest BCUT2D eigenvalue weighted by Gasteiger charge is 2.21. The smallest absolute Gasteiger partial charge is 0.308 e. The summed E-state index contributed by atoms with van der Waals surface area (Å²) in [6, 6.07) is 0. The van der Waals surface area contributed by atoms with Crippen molar-refractivity contribution in [3.63, 3.8) is 0 Å². The van der Waals surface area contributed by atoms with E-state index in [0.29, 0.717) is 0 Å². The van der Waals surface area contributed by atoms with Gasteiger partial charge in [0.1, 0.15) is 12.2 Å². The molecule has 0 aliphatic carbocycles. The Bertz CT molecular complexity index is 217. The Morgan fingerprint density at radius 1 is 1.57 bits per heavy atom. The molecule has 0 saturated carbocycles. The van der Waals surface area contributed by atoms with E-state index in [0.717, 1.165) is 0 Å². The van der Waals surface area contributed by atoms with Crippen LogP contribution in [-0.2, 0) is 14.3 Å². The molecule has 1 N–H and O–H groups in total. The van der Waals surface area contributed by atoms with Crippen LogP contribution in [0.15, 0.2) is 0 Å². The standard InChI is InChI=1S/C10H16O4/c1-5-9(14-7(2)3)8(11)6-10(12)13-4/h1,7-9,11H,6H2,2-4H3/t8-,9-/m1/s1. The molecule has 0 bridgehead atoms. The summed E-state index contributed by atoms with van der Waals surface area (Å²) >= 11 is 0. The maximum Gasteiger partial charge on any atom is 0.308 e. The van der Waals surface area contributed by atoms with Crippen LogP contribution < -0.4 is 0 Å². The van der Waals surface area contributed by atoms with Gasteiger partial charge in [0.25, 0.3) is 0 Å².